The van der Waals surface area contributed by atoms with Gasteiger partial charge in [0.25, 0.3) is 0 Å². The molecule has 0 aliphatic heterocycles. The molecule has 2 nitrogen and oxygen atoms in total. The van der Waals surface area contributed by atoms with Crippen LogP contribution < -0.4 is 0 Å². The molecule has 0 fully saturated rings. The highest BCUT2D eigenvalue weighted by Crippen LogP contribution is 2.49. The van der Waals surface area contributed by atoms with Gasteiger partial charge in [0.2, 0.25) is 0 Å². The zero-order valence-electron chi connectivity index (χ0n) is 25.0. The van der Waals surface area contributed by atoms with Crippen molar-refractivity contribution in [2.24, 2.45) is 0 Å². The van der Waals surface area contributed by atoms with Crippen molar-refractivity contribution in [3.8, 4) is 44.5 Å². The predicted octanol–water partition coefficient (Wildman–Crippen LogP) is 11.4. The summed E-state index contributed by atoms with van der Waals surface area (Å²) in [5, 5.41) is 7.11. The summed E-state index contributed by atoms with van der Waals surface area (Å²) in [4.78, 5) is 13.3. The zero-order chi connectivity index (χ0) is 30.3. The summed E-state index contributed by atoms with van der Waals surface area (Å²) in [7, 11) is 0. The van der Waals surface area contributed by atoms with E-state index in [1.165, 1.54) is 43.8 Å². The van der Waals surface area contributed by atoms with Crippen molar-refractivity contribution in [2.75, 3.05) is 6.61 Å². The van der Waals surface area contributed by atoms with Crippen LogP contribution in [0.1, 0.15) is 17.3 Å². The van der Waals surface area contributed by atoms with Crippen molar-refractivity contribution in [2.45, 2.75) is 6.92 Å². The van der Waals surface area contributed by atoms with Crippen LogP contribution in [0.15, 0.2) is 152 Å². The molecule has 214 valence electrons. The molecule has 8 rings (SSSR count). The first-order valence-corrected chi connectivity index (χ1v) is 15.4. The lowest BCUT2D eigenvalue weighted by molar-refractivity contribution is 0.0527. The molecule has 0 aliphatic carbocycles. The SMILES string of the molecule is CCOC(=O)c1ccccc1-c1cc2c(-c3ccccc3)cc(-c3ccccc3)c3ccc4c(-c5ccccc5)ccc1c4c32. The number of carbonyl (C=O) groups is 1. The van der Waals surface area contributed by atoms with Crippen molar-refractivity contribution >= 4 is 38.3 Å². The molecule has 0 aromatic heterocycles. The monoisotopic (exact) mass is 578 g/mol. The minimum absolute atomic E-state index is 0.308. The fraction of sp³-hybridized carbons (Fsp3) is 0.0465. The third kappa shape index (κ3) is 4.46. The summed E-state index contributed by atoms with van der Waals surface area (Å²) in [6.45, 7) is 2.17. The van der Waals surface area contributed by atoms with E-state index in [2.05, 4.69) is 127 Å². The zero-order valence-corrected chi connectivity index (χ0v) is 25.0. The van der Waals surface area contributed by atoms with Gasteiger partial charge in [0.1, 0.15) is 0 Å². The molecule has 0 N–H and O–H groups in total. The smallest absolute Gasteiger partial charge is 0.338 e. The lowest BCUT2D eigenvalue weighted by Crippen LogP contribution is -2.06. The van der Waals surface area contributed by atoms with Gasteiger partial charge >= 0.3 is 5.97 Å². The lowest BCUT2D eigenvalue weighted by atomic mass is 9.81. The summed E-state index contributed by atoms with van der Waals surface area (Å²) in [6.07, 6.45) is 0. The topological polar surface area (TPSA) is 26.3 Å². The van der Waals surface area contributed by atoms with Gasteiger partial charge in [-0.3, -0.25) is 0 Å². The summed E-state index contributed by atoms with van der Waals surface area (Å²) in [5.74, 6) is -0.308. The first-order chi connectivity index (χ1) is 22.2. The highest BCUT2D eigenvalue weighted by molar-refractivity contribution is 6.32. The standard InChI is InChI=1S/C43H30O2/c1-2-45-43(44)36-21-13-12-20-32(36)39-27-40-38(30-18-10-5-11-19-30)26-37(29-16-8-4-9-17-29)34-25-24-33-31(28-14-6-3-7-15-28)22-23-35(39)41(33)42(34)40/h3-27H,2H2,1H3. The molecule has 0 atom stereocenters. The quantitative estimate of drug-likeness (QED) is 0.145. The third-order valence-electron chi connectivity index (χ3n) is 8.87. The lowest BCUT2D eigenvalue weighted by Gasteiger charge is -2.22. The Labute approximate surface area is 262 Å². The van der Waals surface area contributed by atoms with Gasteiger partial charge in [-0.25, -0.2) is 4.79 Å². The van der Waals surface area contributed by atoms with E-state index in [1.807, 2.05) is 31.2 Å². The maximum Gasteiger partial charge on any atom is 0.338 e. The minimum Gasteiger partial charge on any atom is -0.462 e. The van der Waals surface area contributed by atoms with E-state index < -0.39 is 0 Å². The molecule has 8 aromatic rings. The Morgan fingerprint density at radius 3 is 1.53 bits per heavy atom. The molecule has 0 saturated heterocycles. The Morgan fingerprint density at radius 1 is 0.444 bits per heavy atom. The second-order valence-electron chi connectivity index (χ2n) is 11.4. The first kappa shape index (κ1) is 26.9. The second-order valence-corrected chi connectivity index (χ2v) is 11.4. The molecule has 0 radical (unpaired) electrons. The van der Waals surface area contributed by atoms with Gasteiger partial charge < -0.3 is 4.74 Å². The third-order valence-corrected chi connectivity index (χ3v) is 8.87. The van der Waals surface area contributed by atoms with Gasteiger partial charge in [-0.1, -0.05) is 133 Å². The van der Waals surface area contributed by atoms with E-state index in [9.17, 15) is 4.79 Å². The van der Waals surface area contributed by atoms with Gasteiger partial charge in [0.05, 0.1) is 12.2 Å². The van der Waals surface area contributed by atoms with Crippen molar-refractivity contribution in [3.05, 3.63) is 157 Å². The van der Waals surface area contributed by atoms with Crippen LogP contribution in [0.5, 0.6) is 0 Å². The summed E-state index contributed by atoms with van der Waals surface area (Å²) in [6, 6.07) is 53.4. The van der Waals surface area contributed by atoms with E-state index in [-0.39, 0.29) is 5.97 Å². The highest BCUT2D eigenvalue weighted by Gasteiger charge is 2.23. The van der Waals surface area contributed by atoms with Crippen LogP contribution in [0.4, 0.5) is 0 Å². The fourth-order valence-electron chi connectivity index (χ4n) is 6.89. The van der Waals surface area contributed by atoms with Gasteiger partial charge in [-0.05, 0) is 102 Å². The summed E-state index contributed by atoms with van der Waals surface area (Å²) in [5.41, 5.74) is 9.54. The van der Waals surface area contributed by atoms with Crippen molar-refractivity contribution < 1.29 is 9.53 Å². The van der Waals surface area contributed by atoms with Crippen LogP contribution in [-0.2, 0) is 4.74 Å². The Morgan fingerprint density at radius 2 is 0.911 bits per heavy atom. The van der Waals surface area contributed by atoms with Crippen LogP contribution >= 0.6 is 0 Å². The number of carbonyl (C=O) groups excluding carboxylic acids is 1. The number of benzene rings is 8. The van der Waals surface area contributed by atoms with Crippen LogP contribution in [0, 0.1) is 0 Å². The largest absolute Gasteiger partial charge is 0.462 e. The number of hydrogen-bond acceptors (Lipinski definition) is 2. The van der Waals surface area contributed by atoms with Gasteiger partial charge in [-0.2, -0.15) is 0 Å². The summed E-state index contributed by atoms with van der Waals surface area (Å²) < 4.78 is 5.53. The van der Waals surface area contributed by atoms with Crippen molar-refractivity contribution in [3.63, 3.8) is 0 Å². The van der Waals surface area contributed by atoms with E-state index in [4.69, 9.17) is 4.74 Å². The van der Waals surface area contributed by atoms with Crippen LogP contribution in [0.3, 0.4) is 0 Å². The van der Waals surface area contributed by atoms with Crippen molar-refractivity contribution in [1.82, 2.24) is 0 Å². The molecule has 2 heteroatoms. The van der Waals surface area contributed by atoms with Crippen molar-refractivity contribution in [1.29, 1.82) is 0 Å². The van der Waals surface area contributed by atoms with Crippen LogP contribution in [-0.4, -0.2) is 12.6 Å². The molecule has 0 bridgehead atoms. The Balaban J connectivity index is 1.58. The first-order valence-electron chi connectivity index (χ1n) is 15.4. The number of esters is 1. The molecule has 45 heavy (non-hydrogen) atoms. The molecule has 8 aromatic carbocycles. The van der Waals surface area contributed by atoms with E-state index in [0.717, 1.165) is 33.0 Å². The molecule has 0 amide bonds. The molecular formula is C43H30O2. The molecule has 0 heterocycles. The number of hydrogen-bond donors (Lipinski definition) is 0. The average Bonchev–Trinajstić information content (AvgIpc) is 3.11. The van der Waals surface area contributed by atoms with E-state index in [0.29, 0.717) is 12.2 Å². The van der Waals surface area contributed by atoms with E-state index >= 15 is 0 Å². The number of rotatable bonds is 6. The van der Waals surface area contributed by atoms with Crippen LogP contribution in [0.2, 0.25) is 0 Å². The predicted molar refractivity (Wildman–Crippen MR) is 188 cm³/mol. The Kier molecular flexibility index (Phi) is 6.61. The summed E-state index contributed by atoms with van der Waals surface area (Å²) >= 11 is 0. The second kappa shape index (κ2) is 11.1. The van der Waals surface area contributed by atoms with E-state index in [1.54, 1.807) is 0 Å². The van der Waals surface area contributed by atoms with Crippen LogP contribution in [0.25, 0.3) is 76.8 Å². The normalized spacial score (nSPS) is 11.4. The number of ether oxygens (including phenoxy) is 1. The Hall–Kier alpha value is -5.73. The average molecular weight is 579 g/mol. The fourth-order valence-corrected chi connectivity index (χ4v) is 6.89. The molecule has 0 unspecified atom stereocenters. The highest BCUT2D eigenvalue weighted by atomic mass is 16.5. The molecule has 0 saturated carbocycles. The minimum atomic E-state index is -0.308. The van der Waals surface area contributed by atoms with Gasteiger partial charge in [-0.15, -0.1) is 0 Å². The maximum absolute atomic E-state index is 13.3. The molecule has 0 aliphatic rings. The van der Waals surface area contributed by atoms with Gasteiger partial charge in [0.15, 0.2) is 0 Å². The Bertz CT molecular complexity index is 2320. The molecule has 0 spiro atoms. The maximum atomic E-state index is 13.3. The van der Waals surface area contributed by atoms with Gasteiger partial charge in [0, 0.05) is 0 Å². The molecular weight excluding hydrogens is 548 g/mol.